The number of ether oxygens (including phenoxy) is 5. The van der Waals surface area contributed by atoms with Crippen LogP contribution in [0.1, 0.15) is 0 Å². The summed E-state index contributed by atoms with van der Waals surface area (Å²) in [6.07, 6.45) is 0. The van der Waals surface area contributed by atoms with Crippen molar-refractivity contribution in [3.8, 4) is 0 Å². The Bertz CT molecular complexity index is 366. The third-order valence-electron chi connectivity index (χ3n) is 2.13. The van der Waals surface area contributed by atoms with E-state index in [2.05, 4.69) is 32.7 Å². The van der Waals surface area contributed by atoms with E-state index in [9.17, 15) is 27.2 Å². The molecule has 0 aliphatic carbocycles. The summed E-state index contributed by atoms with van der Waals surface area (Å²) in [4.78, 5) is 21.1. The smallest absolute Gasteiger partial charge is 0.417 e. The van der Waals surface area contributed by atoms with E-state index in [4.69, 9.17) is 14.2 Å². The molecule has 0 rings (SSSR count). The van der Waals surface area contributed by atoms with Gasteiger partial charge in [0.05, 0.1) is 39.6 Å². The molecule has 0 saturated carbocycles. The van der Waals surface area contributed by atoms with E-state index in [0.29, 0.717) is 0 Å². The van der Waals surface area contributed by atoms with Crippen LogP contribution < -0.4 is 0 Å². The van der Waals surface area contributed by atoms with E-state index >= 15 is 0 Å². The lowest BCUT2D eigenvalue weighted by Gasteiger charge is -2.10. The quantitative estimate of drug-likeness (QED) is 0.184. The highest BCUT2D eigenvalue weighted by Crippen LogP contribution is 2.20. The number of carbonyl (C=O) groups excluding carboxylic acids is 2. The molecule has 0 aromatic rings. The molecule has 0 fully saturated rings. The van der Waals surface area contributed by atoms with Crippen LogP contribution in [0.5, 0.6) is 0 Å². The fourth-order valence-electron chi connectivity index (χ4n) is 1.09. The Hall–Kier alpha value is -0.880. The Labute approximate surface area is 150 Å². The second-order valence-corrected chi connectivity index (χ2v) is 5.05. The molecule has 0 aliphatic heterocycles. The third kappa shape index (κ3) is 14.0. The van der Waals surface area contributed by atoms with Gasteiger partial charge in [-0.25, -0.2) is 9.59 Å². The van der Waals surface area contributed by atoms with Crippen LogP contribution in [0.4, 0.5) is 17.6 Å². The topological polar surface area (TPSA) is 80.3 Å². The van der Waals surface area contributed by atoms with Gasteiger partial charge in [0.2, 0.25) is 0 Å². The molecule has 0 atom stereocenters. The summed E-state index contributed by atoms with van der Waals surface area (Å²) < 4.78 is 71.9. The maximum absolute atomic E-state index is 12.2. The lowest BCUT2D eigenvalue weighted by Crippen LogP contribution is -2.26. The van der Waals surface area contributed by atoms with Crippen molar-refractivity contribution in [2.75, 3.05) is 52.9 Å². The molecular weight excluding hydrogens is 403 g/mol. The predicted octanol–water partition coefficient (Wildman–Crippen LogP) is 1.79. The van der Waals surface area contributed by atoms with Gasteiger partial charge in [0.15, 0.2) is 0 Å². The standard InChI is InChI=1S/C12H16Cl2F4O7/c13-11(15,16)9(19)24-7-5-22-3-1-21-2-4-23-6-8-25-10(20)12(14,17)18/h1-8H2. The zero-order valence-electron chi connectivity index (χ0n) is 12.8. The lowest BCUT2D eigenvalue weighted by molar-refractivity contribution is -0.162. The normalized spacial score (nSPS) is 12.1. The molecule has 0 heterocycles. The summed E-state index contributed by atoms with van der Waals surface area (Å²) in [5.74, 6) is -3.71. The molecule has 7 nitrogen and oxygen atoms in total. The van der Waals surface area contributed by atoms with Gasteiger partial charge in [0.25, 0.3) is 0 Å². The monoisotopic (exact) mass is 418 g/mol. The lowest BCUT2D eigenvalue weighted by atomic mass is 10.6. The Kier molecular flexibility index (Phi) is 12.0. The Morgan fingerprint density at radius 1 is 0.600 bits per heavy atom. The van der Waals surface area contributed by atoms with Gasteiger partial charge in [-0.15, -0.1) is 0 Å². The van der Waals surface area contributed by atoms with Crippen LogP contribution in [0, 0.1) is 0 Å². The van der Waals surface area contributed by atoms with E-state index < -0.39 is 22.7 Å². The number of rotatable bonds is 14. The molecule has 0 N–H and O–H groups in total. The van der Waals surface area contributed by atoms with E-state index in [0.717, 1.165) is 0 Å². The summed E-state index contributed by atoms with van der Waals surface area (Å²) in [5, 5.41) is -8.13. The fourth-order valence-corrected chi connectivity index (χ4v) is 1.20. The summed E-state index contributed by atoms with van der Waals surface area (Å²) in [6, 6.07) is 0. The first-order valence-electron chi connectivity index (χ1n) is 6.76. The summed E-state index contributed by atoms with van der Waals surface area (Å²) >= 11 is 8.83. The average Bonchev–Trinajstić information content (AvgIpc) is 2.49. The predicted molar refractivity (Wildman–Crippen MR) is 76.0 cm³/mol. The number of hydrogen-bond donors (Lipinski definition) is 0. The SMILES string of the molecule is O=C(OCCOCCOCCOCCOC(=O)C(F)(F)Cl)C(F)(F)Cl. The van der Waals surface area contributed by atoms with Gasteiger partial charge in [-0.05, 0) is 23.2 Å². The van der Waals surface area contributed by atoms with Crippen molar-refractivity contribution in [3.05, 3.63) is 0 Å². The van der Waals surface area contributed by atoms with Gasteiger partial charge >= 0.3 is 22.7 Å². The molecule has 0 radical (unpaired) electrons. The molecule has 0 spiro atoms. The van der Waals surface area contributed by atoms with Crippen LogP contribution >= 0.6 is 23.2 Å². The molecule has 0 aromatic carbocycles. The minimum atomic E-state index is -4.06. The highest BCUT2D eigenvalue weighted by molar-refractivity contribution is 6.31. The molecule has 0 aromatic heterocycles. The average molecular weight is 419 g/mol. The van der Waals surface area contributed by atoms with Crippen molar-refractivity contribution >= 4 is 35.1 Å². The Balaban J connectivity index is 3.30. The van der Waals surface area contributed by atoms with E-state index in [1.807, 2.05) is 0 Å². The second kappa shape index (κ2) is 12.5. The minimum Gasteiger partial charge on any atom is -0.458 e. The first-order valence-corrected chi connectivity index (χ1v) is 7.52. The molecule has 0 amide bonds. The van der Waals surface area contributed by atoms with Crippen molar-refractivity contribution in [3.63, 3.8) is 0 Å². The van der Waals surface area contributed by atoms with Crippen LogP contribution in [0.2, 0.25) is 0 Å². The van der Waals surface area contributed by atoms with Crippen LogP contribution in [-0.2, 0) is 33.3 Å². The Morgan fingerprint density at radius 2 is 0.840 bits per heavy atom. The van der Waals surface area contributed by atoms with Gasteiger partial charge in [-0.2, -0.15) is 17.6 Å². The number of hydrogen-bond acceptors (Lipinski definition) is 7. The number of esters is 2. The molecule has 13 heteroatoms. The summed E-state index contributed by atoms with van der Waals surface area (Å²) in [6.45, 7) is -0.486. The van der Waals surface area contributed by atoms with E-state index in [1.54, 1.807) is 0 Å². The fraction of sp³-hybridized carbons (Fsp3) is 0.833. The summed E-state index contributed by atoms with van der Waals surface area (Å²) in [5.41, 5.74) is 0. The van der Waals surface area contributed by atoms with Crippen molar-refractivity contribution < 1.29 is 50.8 Å². The van der Waals surface area contributed by atoms with Gasteiger partial charge in [0, 0.05) is 0 Å². The minimum absolute atomic E-state index is 0.108. The van der Waals surface area contributed by atoms with Crippen molar-refractivity contribution in [2.24, 2.45) is 0 Å². The van der Waals surface area contributed by atoms with E-state index in [1.165, 1.54) is 0 Å². The van der Waals surface area contributed by atoms with Crippen molar-refractivity contribution in [1.82, 2.24) is 0 Å². The first kappa shape index (κ1) is 24.1. The summed E-state index contributed by atoms with van der Waals surface area (Å²) in [7, 11) is 0. The molecule has 0 unspecified atom stereocenters. The van der Waals surface area contributed by atoms with E-state index in [-0.39, 0.29) is 52.9 Å². The first-order chi connectivity index (χ1) is 11.5. The zero-order chi connectivity index (χ0) is 19.3. The third-order valence-corrected chi connectivity index (χ3v) is 2.44. The van der Waals surface area contributed by atoms with Crippen LogP contribution in [0.3, 0.4) is 0 Å². The van der Waals surface area contributed by atoms with Crippen LogP contribution in [-0.4, -0.2) is 75.6 Å². The molecule has 25 heavy (non-hydrogen) atoms. The van der Waals surface area contributed by atoms with Gasteiger partial charge in [0.1, 0.15) is 13.2 Å². The van der Waals surface area contributed by atoms with Gasteiger partial charge in [-0.1, -0.05) is 0 Å². The maximum Gasteiger partial charge on any atom is 0.417 e. The molecule has 0 saturated heterocycles. The Morgan fingerprint density at radius 3 is 1.08 bits per heavy atom. The number of carbonyl (C=O) groups is 2. The highest BCUT2D eigenvalue weighted by atomic mass is 35.5. The van der Waals surface area contributed by atoms with Crippen molar-refractivity contribution in [1.29, 1.82) is 0 Å². The highest BCUT2D eigenvalue weighted by Gasteiger charge is 2.38. The molecular formula is C12H16Cl2F4O7. The zero-order valence-corrected chi connectivity index (χ0v) is 14.3. The number of alkyl halides is 6. The maximum atomic E-state index is 12.2. The van der Waals surface area contributed by atoms with Crippen molar-refractivity contribution in [2.45, 2.75) is 10.8 Å². The van der Waals surface area contributed by atoms with Gasteiger partial charge in [-0.3, -0.25) is 0 Å². The van der Waals surface area contributed by atoms with Gasteiger partial charge < -0.3 is 23.7 Å². The second-order valence-electron chi connectivity index (χ2n) is 4.10. The molecule has 0 bridgehead atoms. The van der Waals surface area contributed by atoms with Crippen LogP contribution in [0.25, 0.3) is 0 Å². The molecule has 0 aliphatic rings. The molecule has 148 valence electrons. The largest absolute Gasteiger partial charge is 0.458 e. The van der Waals surface area contributed by atoms with Crippen LogP contribution in [0.15, 0.2) is 0 Å². The number of halogens is 6.